The second kappa shape index (κ2) is 5.40. The molecule has 2 N–H and O–H groups in total. The molecule has 0 fully saturated rings. The van der Waals surface area contributed by atoms with Crippen molar-refractivity contribution in [2.45, 2.75) is 26.4 Å². The zero-order valence-electron chi connectivity index (χ0n) is 11.0. The normalized spacial score (nSPS) is 15.1. The van der Waals surface area contributed by atoms with Crippen LogP contribution in [0.25, 0.3) is 0 Å². The average molecular weight is 248 g/mol. The summed E-state index contributed by atoms with van der Waals surface area (Å²) in [7, 11) is 0. The molecule has 0 atom stereocenters. The predicted octanol–water partition coefficient (Wildman–Crippen LogP) is 1.69. The van der Waals surface area contributed by atoms with Gasteiger partial charge in [0.15, 0.2) is 0 Å². The summed E-state index contributed by atoms with van der Waals surface area (Å²) in [5.74, 6) is 0.0657. The zero-order valence-corrected chi connectivity index (χ0v) is 11.0. The Hall–Kier alpha value is -1.55. The summed E-state index contributed by atoms with van der Waals surface area (Å²) in [6, 6.07) is 5.57. The van der Waals surface area contributed by atoms with E-state index in [0.717, 1.165) is 24.1 Å². The fraction of sp³-hybridized carbons (Fsp3) is 0.500. The number of nitrogens with two attached hydrogens (primary N) is 1. The Morgan fingerprint density at radius 1 is 1.44 bits per heavy atom. The van der Waals surface area contributed by atoms with Gasteiger partial charge in [0.05, 0.1) is 12.7 Å². The van der Waals surface area contributed by atoms with E-state index in [1.54, 1.807) is 6.07 Å². The molecule has 1 aromatic rings. The molecule has 0 saturated heterocycles. The molecule has 2 rings (SSSR count). The van der Waals surface area contributed by atoms with Crippen LogP contribution < -0.4 is 5.73 Å². The Bertz CT molecular complexity index is 443. The van der Waals surface area contributed by atoms with Gasteiger partial charge in [-0.1, -0.05) is 6.07 Å². The average Bonchev–Trinajstić information content (AvgIpc) is 2.32. The topological polar surface area (TPSA) is 55.6 Å². The summed E-state index contributed by atoms with van der Waals surface area (Å²) >= 11 is 0. The number of hydrogen-bond donors (Lipinski definition) is 1. The van der Waals surface area contributed by atoms with Gasteiger partial charge in [-0.25, -0.2) is 0 Å². The van der Waals surface area contributed by atoms with Crippen LogP contribution in [0.1, 0.15) is 29.8 Å². The minimum atomic E-state index is 0.0657. The Balaban J connectivity index is 2.03. The van der Waals surface area contributed by atoms with Crippen LogP contribution in [0.4, 0.5) is 5.69 Å². The van der Waals surface area contributed by atoms with E-state index in [-0.39, 0.29) is 12.0 Å². The first kappa shape index (κ1) is 12.9. The van der Waals surface area contributed by atoms with Gasteiger partial charge >= 0.3 is 0 Å². The molecule has 0 spiro atoms. The van der Waals surface area contributed by atoms with E-state index < -0.39 is 0 Å². The molecular formula is C14H20N2O2. The van der Waals surface area contributed by atoms with Crippen molar-refractivity contribution < 1.29 is 9.53 Å². The van der Waals surface area contributed by atoms with Gasteiger partial charge in [-0.3, -0.25) is 4.79 Å². The predicted molar refractivity (Wildman–Crippen MR) is 71.5 cm³/mol. The van der Waals surface area contributed by atoms with E-state index in [9.17, 15) is 4.79 Å². The number of rotatable bonds is 4. The van der Waals surface area contributed by atoms with E-state index in [0.29, 0.717) is 18.8 Å². The number of hydrogen-bond acceptors (Lipinski definition) is 3. The van der Waals surface area contributed by atoms with Gasteiger partial charge in [0.1, 0.15) is 0 Å². The molecule has 1 heterocycles. The standard InChI is InChI=1S/C14H20N2O2/c1-10(2)18-8-7-16-6-5-11-3-4-12(15)9-13(11)14(16)17/h3-4,9-10H,5-8,15H2,1-2H3. The third-order valence-electron chi connectivity index (χ3n) is 3.11. The highest BCUT2D eigenvalue weighted by atomic mass is 16.5. The number of nitrogen functional groups attached to an aromatic ring is 1. The van der Waals surface area contributed by atoms with Crippen molar-refractivity contribution in [2.24, 2.45) is 0 Å². The minimum Gasteiger partial charge on any atom is -0.399 e. The quantitative estimate of drug-likeness (QED) is 0.825. The summed E-state index contributed by atoms with van der Waals surface area (Å²) in [5.41, 5.74) is 8.21. The smallest absolute Gasteiger partial charge is 0.254 e. The molecule has 0 aliphatic carbocycles. The van der Waals surface area contributed by atoms with Crippen LogP contribution in [-0.4, -0.2) is 36.6 Å². The lowest BCUT2D eigenvalue weighted by molar-refractivity contribution is 0.0471. The van der Waals surface area contributed by atoms with Crippen molar-refractivity contribution in [3.63, 3.8) is 0 Å². The van der Waals surface area contributed by atoms with Crippen molar-refractivity contribution in [3.05, 3.63) is 29.3 Å². The van der Waals surface area contributed by atoms with E-state index in [1.807, 2.05) is 30.9 Å². The molecule has 4 nitrogen and oxygen atoms in total. The Morgan fingerprint density at radius 2 is 2.22 bits per heavy atom. The van der Waals surface area contributed by atoms with Crippen molar-refractivity contribution in [2.75, 3.05) is 25.4 Å². The molecule has 0 saturated carbocycles. The second-order valence-corrected chi connectivity index (χ2v) is 4.88. The SMILES string of the molecule is CC(C)OCCN1CCc2ccc(N)cc2C1=O. The first-order valence-electron chi connectivity index (χ1n) is 6.37. The van der Waals surface area contributed by atoms with Gasteiger partial charge in [-0.2, -0.15) is 0 Å². The number of nitrogens with zero attached hydrogens (tertiary/aromatic N) is 1. The first-order valence-corrected chi connectivity index (χ1v) is 6.37. The minimum absolute atomic E-state index is 0.0657. The van der Waals surface area contributed by atoms with Crippen LogP contribution in [0.5, 0.6) is 0 Å². The monoisotopic (exact) mass is 248 g/mol. The maximum absolute atomic E-state index is 12.3. The summed E-state index contributed by atoms with van der Waals surface area (Å²) in [5, 5.41) is 0. The van der Waals surface area contributed by atoms with Gasteiger partial charge in [-0.15, -0.1) is 0 Å². The lowest BCUT2D eigenvalue weighted by atomic mass is 9.98. The largest absolute Gasteiger partial charge is 0.399 e. The van der Waals surface area contributed by atoms with E-state index in [2.05, 4.69) is 0 Å². The molecule has 0 aromatic heterocycles. The van der Waals surface area contributed by atoms with Crippen LogP contribution in [0.15, 0.2) is 18.2 Å². The lowest BCUT2D eigenvalue weighted by Gasteiger charge is -2.29. The Morgan fingerprint density at radius 3 is 2.94 bits per heavy atom. The highest BCUT2D eigenvalue weighted by molar-refractivity contribution is 5.97. The van der Waals surface area contributed by atoms with E-state index >= 15 is 0 Å². The molecule has 4 heteroatoms. The third-order valence-corrected chi connectivity index (χ3v) is 3.11. The van der Waals surface area contributed by atoms with Crippen LogP contribution in [0.2, 0.25) is 0 Å². The van der Waals surface area contributed by atoms with Gasteiger partial charge in [-0.05, 0) is 38.0 Å². The number of benzene rings is 1. The van der Waals surface area contributed by atoms with Crippen LogP contribution in [0, 0.1) is 0 Å². The molecule has 1 amide bonds. The number of carbonyl (C=O) groups is 1. The highest BCUT2D eigenvalue weighted by Gasteiger charge is 2.23. The molecule has 1 aromatic carbocycles. The number of ether oxygens (including phenoxy) is 1. The molecule has 18 heavy (non-hydrogen) atoms. The summed E-state index contributed by atoms with van der Waals surface area (Å²) in [6.45, 7) is 5.98. The van der Waals surface area contributed by atoms with Gasteiger partial charge < -0.3 is 15.4 Å². The number of carbonyl (C=O) groups excluding carboxylic acids is 1. The maximum Gasteiger partial charge on any atom is 0.254 e. The second-order valence-electron chi connectivity index (χ2n) is 4.88. The number of anilines is 1. The maximum atomic E-state index is 12.3. The molecule has 0 bridgehead atoms. The third kappa shape index (κ3) is 2.82. The molecule has 0 radical (unpaired) electrons. The van der Waals surface area contributed by atoms with Crippen LogP contribution in [-0.2, 0) is 11.2 Å². The Kier molecular flexibility index (Phi) is 3.87. The van der Waals surface area contributed by atoms with Crippen LogP contribution >= 0.6 is 0 Å². The van der Waals surface area contributed by atoms with Gasteiger partial charge in [0, 0.05) is 24.3 Å². The fourth-order valence-electron chi connectivity index (χ4n) is 2.15. The fourth-order valence-corrected chi connectivity index (χ4v) is 2.15. The first-order chi connectivity index (χ1) is 8.58. The van der Waals surface area contributed by atoms with Crippen LogP contribution in [0.3, 0.4) is 0 Å². The van der Waals surface area contributed by atoms with Crippen molar-refractivity contribution >= 4 is 11.6 Å². The number of amides is 1. The molecule has 1 aliphatic heterocycles. The summed E-state index contributed by atoms with van der Waals surface area (Å²) < 4.78 is 5.49. The van der Waals surface area contributed by atoms with Crippen molar-refractivity contribution in [1.82, 2.24) is 4.90 Å². The van der Waals surface area contributed by atoms with Crippen molar-refractivity contribution in [1.29, 1.82) is 0 Å². The summed E-state index contributed by atoms with van der Waals surface area (Å²) in [6.07, 6.45) is 1.09. The zero-order chi connectivity index (χ0) is 13.1. The van der Waals surface area contributed by atoms with E-state index in [4.69, 9.17) is 10.5 Å². The van der Waals surface area contributed by atoms with Gasteiger partial charge in [0.25, 0.3) is 5.91 Å². The Labute approximate surface area is 108 Å². The summed E-state index contributed by atoms with van der Waals surface area (Å²) in [4.78, 5) is 14.1. The molecule has 98 valence electrons. The van der Waals surface area contributed by atoms with Gasteiger partial charge in [0.2, 0.25) is 0 Å². The molecule has 0 unspecified atom stereocenters. The van der Waals surface area contributed by atoms with E-state index in [1.165, 1.54) is 0 Å². The number of fused-ring (bicyclic) bond motifs is 1. The molecular weight excluding hydrogens is 228 g/mol. The lowest BCUT2D eigenvalue weighted by Crippen LogP contribution is -2.39. The van der Waals surface area contributed by atoms with Crippen molar-refractivity contribution in [3.8, 4) is 0 Å². The highest BCUT2D eigenvalue weighted by Crippen LogP contribution is 2.21. The molecule has 1 aliphatic rings.